The molecule has 0 spiro atoms. The van der Waals surface area contributed by atoms with Gasteiger partial charge in [0.2, 0.25) is 0 Å². The molecule has 6 heteroatoms. The van der Waals surface area contributed by atoms with Crippen LogP contribution in [0.25, 0.3) is 0 Å². The van der Waals surface area contributed by atoms with E-state index in [-0.39, 0.29) is 13.1 Å². The molecule has 1 saturated heterocycles. The highest BCUT2D eigenvalue weighted by Crippen LogP contribution is 2.30. The van der Waals surface area contributed by atoms with E-state index in [4.69, 9.17) is 5.11 Å². The number of alkyl halides is 4. The van der Waals surface area contributed by atoms with Gasteiger partial charge in [0.25, 0.3) is 0 Å². The molecule has 1 unspecified atom stereocenters. The van der Waals surface area contributed by atoms with E-state index in [2.05, 4.69) is 5.32 Å². The van der Waals surface area contributed by atoms with Gasteiger partial charge in [-0.05, 0) is 0 Å². The second-order valence-electron chi connectivity index (χ2n) is 3.04. The number of aliphatic hydroxyl groups is 1. The fourth-order valence-corrected chi connectivity index (χ4v) is 1.01. The molecular weight excluding hydrogens is 178 g/mol. The minimum absolute atomic E-state index is 0.0312. The van der Waals surface area contributed by atoms with Crippen LogP contribution in [0.2, 0.25) is 0 Å². The largest absolute Gasteiger partial charge is 0.419 e. The lowest BCUT2D eigenvalue weighted by Gasteiger charge is -2.38. The van der Waals surface area contributed by atoms with Crippen molar-refractivity contribution in [1.29, 1.82) is 0 Å². The summed E-state index contributed by atoms with van der Waals surface area (Å²) < 4.78 is 47.2. The molecule has 0 saturated carbocycles. The molecule has 1 heterocycles. The summed E-state index contributed by atoms with van der Waals surface area (Å²) in [6, 6.07) is 0. The van der Waals surface area contributed by atoms with Crippen LogP contribution in [-0.2, 0) is 0 Å². The Hall–Kier alpha value is -0.360. The minimum atomic E-state index is -4.86. The first-order valence-electron chi connectivity index (χ1n) is 3.47. The molecule has 1 rings (SSSR count). The van der Waals surface area contributed by atoms with Crippen LogP contribution in [-0.4, -0.2) is 36.1 Å². The lowest BCUT2D eigenvalue weighted by molar-refractivity contribution is -0.197. The third-order valence-corrected chi connectivity index (χ3v) is 1.82. The Morgan fingerprint density at radius 2 is 1.92 bits per heavy atom. The van der Waals surface area contributed by atoms with Crippen molar-refractivity contribution < 1.29 is 22.7 Å². The van der Waals surface area contributed by atoms with Gasteiger partial charge in [-0.15, -0.1) is 0 Å². The minimum Gasteiger partial charge on any atom is -0.387 e. The van der Waals surface area contributed by atoms with Crippen LogP contribution in [0.3, 0.4) is 0 Å². The predicted molar refractivity (Wildman–Crippen MR) is 33.4 cm³/mol. The van der Waals surface area contributed by atoms with Crippen LogP contribution < -0.4 is 5.32 Å². The summed E-state index contributed by atoms with van der Waals surface area (Å²) in [5, 5.41) is 11.7. The van der Waals surface area contributed by atoms with Gasteiger partial charge in [0.1, 0.15) is 0 Å². The molecule has 2 nitrogen and oxygen atoms in total. The predicted octanol–water partition coefficient (Wildman–Crippen LogP) is 0.611. The second-order valence-corrected chi connectivity index (χ2v) is 3.04. The summed E-state index contributed by atoms with van der Waals surface area (Å²) in [6.45, 7) is 0.0625. The van der Waals surface area contributed by atoms with Gasteiger partial charge in [-0.3, -0.25) is 0 Å². The highest BCUT2D eigenvalue weighted by Gasteiger charge is 2.47. The Labute approximate surface area is 66.6 Å². The summed E-state index contributed by atoms with van der Waals surface area (Å²) in [4.78, 5) is 0. The van der Waals surface area contributed by atoms with E-state index in [9.17, 15) is 17.6 Å². The zero-order valence-corrected chi connectivity index (χ0v) is 6.16. The van der Waals surface area contributed by atoms with E-state index in [1.807, 2.05) is 0 Å². The molecule has 0 aromatic rings. The van der Waals surface area contributed by atoms with Crippen LogP contribution >= 0.6 is 0 Å². The first-order valence-corrected chi connectivity index (χ1v) is 3.47. The molecule has 2 N–H and O–H groups in total. The zero-order chi connectivity index (χ0) is 9.41. The molecule has 0 bridgehead atoms. The average Bonchev–Trinajstić information content (AvgIpc) is 1.82. The van der Waals surface area contributed by atoms with Crippen molar-refractivity contribution in [3.05, 3.63) is 0 Å². The van der Waals surface area contributed by atoms with Gasteiger partial charge in [0, 0.05) is 19.5 Å². The first kappa shape index (κ1) is 9.73. The Bertz CT molecular complexity index is 165. The lowest BCUT2D eigenvalue weighted by Crippen LogP contribution is -2.61. The first-order chi connectivity index (χ1) is 5.33. The maximum atomic E-state index is 12.3. The van der Waals surface area contributed by atoms with Crippen LogP contribution in [0.1, 0.15) is 6.42 Å². The second kappa shape index (κ2) is 2.85. The lowest BCUT2D eigenvalue weighted by atomic mass is 9.90. The number of hydrogen-bond acceptors (Lipinski definition) is 2. The van der Waals surface area contributed by atoms with Crippen molar-refractivity contribution in [3.8, 4) is 0 Å². The van der Waals surface area contributed by atoms with Gasteiger partial charge in [-0.25, -0.2) is 4.39 Å². The molecule has 1 fully saturated rings. The number of rotatable bonds is 2. The van der Waals surface area contributed by atoms with E-state index < -0.39 is 24.4 Å². The quantitative estimate of drug-likeness (QED) is 0.621. The molecule has 72 valence electrons. The van der Waals surface area contributed by atoms with Crippen LogP contribution in [0.15, 0.2) is 0 Å². The molecule has 12 heavy (non-hydrogen) atoms. The molecule has 1 aliphatic rings. The maximum absolute atomic E-state index is 12.3. The van der Waals surface area contributed by atoms with Gasteiger partial charge in [-0.1, -0.05) is 0 Å². The van der Waals surface area contributed by atoms with Crippen molar-refractivity contribution in [3.63, 3.8) is 0 Å². The van der Waals surface area contributed by atoms with E-state index >= 15 is 0 Å². The molecule has 0 amide bonds. The van der Waals surface area contributed by atoms with Gasteiger partial charge in [-0.2, -0.15) is 13.2 Å². The van der Waals surface area contributed by atoms with Crippen LogP contribution in [0.5, 0.6) is 0 Å². The Morgan fingerprint density at radius 1 is 1.42 bits per heavy atom. The average molecular weight is 187 g/mol. The monoisotopic (exact) mass is 187 g/mol. The van der Waals surface area contributed by atoms with Crippen molar-refractivity contribution in [2.24, 2.45) is 0 Å². The SMILES string of the molecule is OC1(CC(F)C(F)(F)F)CNC1. The van der Waals surface area contributed by atoms with Gasteiger partial charge < -0.3 is 10.4 Å². The maximum Gasteiger partial charge on any atom is 0.419 e. The van der Waals surface area contributed by atoms with Crippen molar-refractivity contribution in [1.82, 2.24) is 5.32 Å². The van der Waals surface area contributed by atoms with E-state index in [1.54, 1.807) is 0 Å². The molecule has 1 aliphatic heterocycles. The molecule has 0 aromatic heterocycles. The normalized spacial score (nSPS) is 24.8. The summed E-state index contributed by atoms with van der Waals surface area (Å²) >= 11 is 0. The summed E-state index contributed by atoms with van der Waals surface area (Å²) in [7, 11) is 0. The van der Waals surface area contributed by atoms with Gasteiger partial charge in [0.05, 0.1) is 5.60 Å². The Balaban J connectivity index is 2.40. The highest BCUT2D eigenvalue weighted by atomic mass is 19.4. The number of hydrogen-bond donors (Lipinski definition) is 2. The van der Waals surface area contributed by atoms with Crippen molar-refractivity contribution in [2.45, 2.75) is 24.4 Å². The number of nitrogens with one attached hydrogen (secondary N) is 1. The number of halogens is 4. The van der Waals surface area contributed by atoms with Crippen molar-refractivity contribution >= 4 is 0 Å². The number of β-amino-alcohol motifs (C(OH)–C–C–N with tert-alkyl or cyclic N) is 1. The van der Waals surface area contributed by atoms with Crippen LogP contribution in [0, 0.1) is 0 Å². The van der Waals surface area contributed by atoms with E-state index in [0.717, 1.165) is 0 Å². The Morgan fingerprint density at radius 3 is 2.17 bits per heavy atom. The molecular formula is C6H9F4NO. The Kier molecular flexibility index (Phi) is 2.31. The standard InChI is InChI=1S/C6H9F4NO/c7-4(6(8,9)10)1-5(12)2-11-3-5/h4,11-12H,1-3H2. The molecule has 0 radical (unpaired) electrons. The third kappa shape index (κ3) is 2.07. The smallest absolute Gasteiger partial charge is 0.387 e. The summed E-state index contributed by atoms with van der Waals surface area (Å²) in [5.41, 5.74) is -1.51. The highest BCUT2D eigenvalue weighted by molar-refractivity contribution is 4.95. The van der Waals surface area contributed by atoms with Gasteiger partial charge in [0.15, 0.2) is 6.17 Å². The zero-order valence-electron chi connectivity index (χ0n) is 6.16. The third-order valence-electron chi connectivity index (χ3n) is 1.82. The molecule has 0 aromatic carbocycles. The summed E-state index contributed by atoms with van der Waals surface area (Å²) in [6.07, 6.45) is -8.65. The fraction of sp³-hybridized carbons (Fsp3) is 1.00. The summed E-state index contributed by atoms with van der Waals surface area (Å²) in [5.74, 6) is 0. The van der Waals surface area contributed by atoms with E-state index in [1.165, 1.54) is 0 Å². The van der Waals surface area contributed by atoms with Gasteiger partial charge >= 0.3 is 6.18 Å². The molecule has 1 atom stereocenters. The fourth-order valence-electron chi connectivity index (χ4n) is 1.01. The van der Waals surface area contributed by atoms with Crippen molar-refractivity contribution in [2.75, 3.05) is 13.1 Å². The molecule has 0 aliphatic carbocycles. The van der Waals surface area contributed by atoms with E-state index in [0.29, 0.717) is 0 Å². The topological polar surface area (TPSA) is 32.3 Å². The van der Waals surface area contributed by atoms with Crippen LogP contribution in [0.4, 0.5) is 17.6 Å².